The monoisotopic (exact) mass is 794 g/mol. The van der Waals surface area contributed by atoms with Gasteiger partial charge in [-0.1, -0.05) is 48.6 Å². The molecule has 0 aromatic heterocycles. The van der Waals surface area contributed by atoms with E-state index in [9.17, 15) is 30.6 Å². The van der Waals surface area contributed by atoms with Gasteiger partial charge in [0.25, 0.3) is 0 Å². The van der Waals surface area contributed by atoms with Crippen LogP contribution in [0.5, 0.6) is 34.5 Å². The second-order valence-electron chi connectivity index (χ2n) is 14.8. The number of benzene rings is 6. The van der Waals surface area contributed by atoms with E-state index in [-0.39, 0.29) is 40.9 Å². The normalized spacial score (nSPS) is 10.9. The van der Waals surface area contributed by atoms with Crippen molar-refractivity contribution in [2.24, 2.45) is 0 Å². The highest BCUT2D eigenvalue weighted by molar-refractivity contribution is 5.93. The largest absolute Gasteiger partial charge is 0.508 e. The molecule has 6 aromatic carbocycles. The van der Waals surface area contributed by atoms with Crippen LogP contribution < -0.4 is 0 Å². The fraction of sp³-hybridized carbons (Fsp3) is 0.111. The maximum Gasteiger partial charge on any atom is 0.131 e. The van der Waals surface area contributed by atoms with E-state index in [2.05, 4.69) is 39.5 Å². The fourth-order valence-electron chi connectivity index (χ4n) is 7.72. The van der Waals surface area contributed by atoms with Crippen molar-refractivity contribution in [1.82, 2.24) is 0 Å². The molecular weight excluding hydrogens is 745 g/mol. The van der Waals surface area contributed by atoms with E-state index >= 15 is 0 Å². The minimum atomic E-state index is -0.108. The second-order valence-corrected chi connectivity index (χ2v) is 14.8. The minimum Gasteiger partial charge on any atom is -0.508 e. The van der Waals surface area contributed by atoms with Gasteiger partial charge >= 0.3 is 0 Å². The Morgan fingerprint density at radius 3 is 0.967 bits per heavy atom. The molecule has 60 heavy (non-hydrogen) atoms. The minimum absolute atomic E-state index is 0.0557. The molecule has 0 fully saturated rings. The fourth-order valence-corrected chi connectivity index (χ4v) is 7.72. The first-order valence-electron chi connectivity index (χ1n) is 19.7. The summed E-state index contributed by atoms with van der Waals surface area (Å²) in [6, 6.07) is 24.9. The number of allylic oxidation sites excluding steroid dienone is 6. The average Bonchev–Trinajstić information content (AvgIpc) is 3.23. The summed E-state index contributed by atoms with van der Waals surface area (Å²) < 4.78 is 0. The smallest absolute Gasteiger partial charge is 0.131 e. The summed E-state index contributed by atoms with van der Waals surface area (Å²) in [7, 11) is 0. The van der Waals surface area contributed by atoms with Gasteiger partial charge in [-0.25, -0.2) is 0 Å². The van der Waals surface area contributed by atoms with Crippen molar-refractivity contribution in [2.45, 2.75) is 38.5 Å². The highest BCUT2D eigenvalue weighted by Crippen LogP contribution is 2.50. The van der Waals surface area contributed by atoms with Gasteiger partial charge in [-0.15, -0.1) is 39.5 Å². The molecular formula is C54H50O6. The van der Waals surface area contributed by atoms with Crippen molar-refractivity contribution in [3.05, 3.63) is 194 Å². The van der Waals surface area contributed by atoms with Crippen LogP contribution in [-0.2, 0) is 38.5 Å². The lowest BCUT2D eigenvalue weighted by atomic mass is 9.86. The molecule has 0 spiro atoms. The third-order valence-electron chi connectivity index (χ3n) is 10.6. The molecule has 0 heterocycles. The predicted molar refractivity (Wildman–Crippen MR) is 247 cm³/mol. The molecule has 0 saturated carbocycles. The maximum atomic E-state index is 12.4. The van der Waals surface area contributed by atoms with Crippen molar-refractivity contribution in [1.29, 1.82) is 0 Å². The van der Waals surface area contributed by atoms with Crippen LogP contribution in [0.2, 0.25) is 0 Å². The van der Waals surface area contributed by atoms with Gasteiger partial charge < -0.3 is 30.6 Å². The van der Waals surface area contributed by atoms with Crippen molar-refractivity contribution in [2.75, 3.05) is 0 Å². The molecule has 6 heteroatoms. The summed E-state index contributed by atoms with van der Waals surface area (Å²) in [5.41, 5.74) is 9.08. The van der Waals surface area contributed by atoms with Gasteiger partial charge in [0.1, 0.15) is 34.5 Å². The average molecular weight is 795 g/mol. The maximum absolute atomic E-state index is 12.4. The zero-order valence-electron chi connectivity index (χ0n) is 33.7. The highest BCUT2D eigenvalue weighted by Gasteiger charge is 2.24. The van der Waals surface area contributed by atoms with Gasteiger partial charge in [0.2, 0.25) is 0 Å². The first-order valence-corrected chi connectivity index (χ1v) is 19.7. The molecule has 0 radical (unpaired) electrons. The van der Waals surface area contributed by atoms with E-state index < -0.39 is 0 Å². The Hall–Kier alpha value is -7.44. The lowest BCUT2D eigenvalue weighted by Crippen LogP contribution is -1.96. The van der Waals surface area contributed by atoms with E-state index in [1.807, 2.05) is 48.5 Å². The molecule has 0 saturated heterocycles. The summed E-state index contributed by atoms with van der Waals surface area (Å²) in [6.07, 6.45) is 12.9. The lowest BCUT2D eigenvalue weighted by molar-refractivity contribution is 0.466. The lowest BCUT2D eigenvalue weighted by Gasteiger charge is -2.20. The second kappa shape index (κ2) is 18.4. The number of rotatable bonds is 17. The molecule has 0 atom stereocenters. The molecule has 0 aliphatic rings. The summed E-state index contributed by atoms with van der Waals surface area (Å²) >= 11 is 0. The highest BCUT2D eigenvalue weighted by atomic mass is 16.3. The quantitative estimate of drug-likeness (QED) is 0.0511. The SMILES string of the molecule is C=CCc1cc(-c2ccc(O)c(CC=C)c2)c(O)c(-c2cc(-c3cc(CC=C)cc(-c4cc(CC=C)cc(-c5ccc(O)c(CC=C)c5)c4O)c3O)cc(CC=C)c2O)c1. The van der Waals surface area contributed by atoms with Gasteiger partial charge in [-0.05, 0) is 161 Å². The van der Waals surface area contributed by atoms with Crippen LogP contribution in [0.15, 0.2) is 161 Å². The van der Waals surface area contributed by atoms with E-state index in [0.29, 0.717) is 104 Å². The predicted octanol–water partition coefficient (Wildman–Crippen LogP) is 12.6. The molecule has 0 bridgehead atoms. The van der Waals surface area contributed by atoms with Crippen LogP contribution in [-0.4, -0.2) is 30.6 Å². The molecule has 0 unspecified atom stereocenters. The van der Waals surface area contributed by atoms with Crippen LogP contribution >= 0.6 is 0 Å². The van der Waals surface area contributed by atoms with Gasteiger partial charge in [0.15, 0.2) is 0 Å². The Balaban J connectivity index is 1.62. The topological polar surface area (TPSA) is 121 Å². The van der Waals surface area contributed by atoms with Gasteiger partial charge in [0.05, 0.1) is 0 Å². The summed E-state index contributed by atoms with van der Waals surface area (Å²) in [5.74, 6) is -0.0620. The molecule has 0 aliphatic carbocycles. The Morgan fingerprint density at radius 2 is 0.600 bits per heavy atom. The molecule has 6 N–H and O–H groups in total. The standard InChI is InChI=1S/C54H50O6/c1-7-13-33-23-42(36-19-21-49(55)38(29-36)16-10-4)52(58)45(26-33)46-27-35(15-9-3)25-44(54(46)60)41-31-40(18-12-6)51(57)48(32-41)47-28-34(14-8-2)24-43(53(47)59)37-20-22-50(56)39(30-37)17-11-5/h7-12,19-32,55-60H,1-6,13-18H2. The zero-order chi connectivity index (χ0) is 43.1. The zero-order valence-corrected chi connectivity index (χ0v) is 33.7. The van der Waals surface area contributed by atoms with Crippen LogP contribution in [0.25, 0.3) is 55.6 Å². The van der Waals surface area contributed by atoms with E-state index in [1.165, 1.54) is 0 Å². The Bertz CT molecular complexity index is 2680. The van der Waals surface area contributed by atoms with Gasteiger partial charge in [-0.2, -0.15) is 0 Å². The van der Waals surface area contributed by atoms with E-state index in [1.54, 1.807) is 72.9 Å². The molecule has 302 valence electrons. The third-order valence-corrected chi connectivity index (χ3v) is 10.6. The number of phenols is 6. The van der Waals surface area contributed by atoms with E-state index in [4.69, 9.17) is 0 Å². The first-order chi connectivity index (χ1) is 29.0. The molecule has 6 rings (SSSR count). The summed E-state index contributed by atoms with van der Waals surface area (Å²) in [4.78, 5) is 0. The number of phenolic OH excluding ortho intramolecular Hbond substituents is 6. The van der Waals surface area contributed by atoms with Crippen LogP contribution in [0, 0.1) is 0 Å². The Labute approximate surface area is 352 Å². The van der Waals surface area contributed by atoms with Crippen molar-refractivity contribution in [3.63, 3.8) is 0 Å². The Morgan fingerprint density at radius 1 is 0.300 bits per heavy atom. The number of aromatic hydroxyl groups is 6. The number of hydrogen-bond acceptors (Lipinski definition) is 6. The molecule has 0 amide bonds. The summed E-state index contributed by atoms with van der Waals surface area (Å²) in [6.45, 7) is 23.4. The molecule has 6 nitrogen and oxygen atoms in total. The van der Waals surface area contributed by atoms with Crippen LogP contribution in [0.1, 0.15) is 33.4 Å². The molecule has 0 aliphatic heterocycles. The molecule has 6 aromatic rings. The number of hydrogen-bond donors (Lipinski definition) is 6. The van der Waals surface area contributed by atoms with Crippen LogP contribution in [0.3, 0.4) is 0 Å². The van der Waals surface area contributed by atoms with Gasteiger partial charge in [-0.3, -0.25) is 0 Å². The first kappa shape index (κ1) is 42.2. The van der Waals surface area contributed by atoms with E-state index in [0.717, 1.165) is 16.7 Å². The van der Waals surface area contributed by atoms with Crippen molar-refractivity contribution in [3.8, 4) is 90.1 Å². The summed E-state index contributed by atoms with van der Waals surface area (Å²) in [5, 5.41) is 69.5. The Kier molecular flexibility index (Phi) is 13.0. The van der Waals surface area contributed by atoms with Crippen molar-refractivity contribution >= 4 is 0 Å². The van der Waals surface area contributed by atoms with Crippen LogP contribution in [0.4, 0.5) is 0 Å². The van der Waals surface area contributed by atoms with Crippen molar-refractivity contribution < 1.29 is 30.6 Å². The third kappa shape index (κ3) is 8.54. The van der Waals surface area contributed by atoms with Gasteiger partial charge in [0, 0.05) is 38.9 Å².